The summed E-state index contributed by atoms with van der Waals surface area (Å²) in [5, 5.41) is 9.94. The monoisotopic (exact) mass is 286 g/mol. The number of benzene rings is 2. The zero-order valence-electron chi connectivity index (χ0n) is 11.5. The van der Waals surface area contributed by atoms with Gasteiger partial charge in [0, 0.05) is 6.42 Å². The maximum Gasteiger partial charge on any atom is 0.337 e. The van der Waals surface area contributed by atoms with Crippen LogP contribution in [-0.2, 0) is 11.2 Å². The van der Waals surface area contributed by atoms with E-state index in [4.69, 9.17) is 9.47 Å². The molecule has 0 radical (unpaired) electrons. The maximum absolute atomic E-state index is 11.5. The van der Waals surface area contributed by atoms with Crippen molar-refractivity contribution in [2.75, 3.05) is 13.9 Å². The average Bonchev–Trinajstić information content (AvgIpc) is 2.96. The van der Waals surface area contributed by atoms with Crippen LogP contribution in [0, 0.1) is 0 Å². The Morgan fingerprint density at radius 2 is 2.00 bits per heavy atom. The summed E-state index contributed by atoms with van der Waals surface area (Å²) in [5.41, 5.74) is 2.01. The van der Waals surface area contributed by atoms with Crippen LogP contribution in [0.1, 0.15) is 21.5 Å². The molecule has 2 aromatic carbocycles. The minimum atomic E-state index is -0.429. The summed E-state index contributed by atoms with van der Waals surface area (Å²) >= 11 is 0. The third kappa shape index (κ3) is 2.63. The van der Waals surface area contributed by atoms with Crippen molar-refractivity contribution in [2.45, 2.75) is 6.42 Å². The van der Waals surface area contributed by atoms with Crippen LogP contribution in [0.25, 0.3) is 0 Å². The van der Waals surface area contributed by atoms with Crippen molar-refractivity contribution in [3.05, 3.63) is 53.1 Å². The number of carbonyl (C=O) groups is 1. The van der Waals surface area contributed by atoms with Crippen LogP contribution in [0.5, 0.6) is 17.2 Å². The Kier molecular flexibility index (Phi) is 3.39. The second kappa shape index (κ2) is 5.36. The van der Waals surface area contributed by atoms with Gasteiger partial charge in [-0.1, -0.05) is 6.07 Å². The second-order valence-electron chi connectivity index (χ2n) is 4.70. The summed E-state index contributed by atoms with van der Waals surface area (Å²) in [6, 6.07) is 10.3. The van der Waals surface area contributed by atoms with Gasteiger partial charge in [0.15, 0.2) is 11.5 Å². The van der Waals surface area contributed by atoms with Gasteiger partial charge in [-0.05, 0) is 41.5 Å². The van der Waals surface area contributed by atoms with Crippen LogP contribution >= 0.6 is 0 Å². The van der Waals surface area contributed by atoms with Gasteiger partial charge in [-0.15, -0.1) is 0 Å². The first-order chi connectivity index (χ1) is 10.2. The summed E-state index contributed by atoms with van der Waals surface area (Å²) in [6.07, 6.45) is 0.479. The smallest absolute Gasteiger partial charge is 0.337 e. The molecule has 108 valence electrons. The zero-order valence-corrected chi connectivity index (χ0v) is 11.5. The van der Waals surface area contributed by atoms with E-state index in [9.17, 15) is 9.90 Å². The number of ether oxygens (including phenoxy) is 3. The molecule has 1 aliphatic rings. The van der Waals surface area contributed by atoms with E-state index in [0.29, 0.717) is 29.0 Å². The molecule has 0 saturated carbocycles. The largest absolute Gasteiger partial charge is 0.508 e. The molecule has 0 saturated heterocycles. The Balaban J connectivity index is 1.89. The van der Waals surface area contributed by atoms with E-state index in [-0.39, 0.29) is 12.5 Å². The van der Waals surface area contributed by atoms with Crippen molar-refractivity contribution in [1.29, 1.82) is 0 Å². The summed E-state index contributed by atoms with van der Waals surface area (Å²) in [7, 11) is 1.33. The second-order valence-corrected chi connectivity index (χ2v) is 4.70. The minimum Gasteiger partial charge on any atom is -0.508 e. The molecule has 1 aliphatic heterocycles. The highest BCUT2D eigenvalue weighted by Crippen LogP contribution is 2.33. The molecule has 0 fully saturated rings. The number of rotatable bonds is 3. The van der Waals surface area contributed by atoms with Crippen molar-refractivity contribution in [1.82, 2.24) is 0 Å². The molecule has 0 spiro atoms. The van der Waals surface area contributed by atoms with Gasteiger partial charge in [0.05, 0.1) is 12.7 Å². The van der Waals surface area contributed by atoms with Crippen LogP contribution in [-0.4, -0.2) is 25.0 Å². The Bertz CT molecular complexity index is 693. The molecule has 5 nitrogen and oxygen atoms in total. The highest BCUT2D eigenvalue weighted by Gasteiger charge is 2.15. The molecule has 0 aromatic heterocycles. The first kappa shape index (κ1) is 13.3. The third-order valence-electron chi connectivity index (χ3n) is 3.33. The number of fused-ring (bicyclic) bond motifs is 1. The molecule has 2 aromatic rings. The van der Waals surface area contributed by atoms with Crippen molar-refractivity contribution in [3.8, 4) is 17.2 Å². The maximum atomic E-state index is 11.5. The molecular weight excluding hydrogens is 272 g/mol. The fraction of sp³-hybridized carbons (Fsp3) is 0.188. The molecule has 0 amide bonds. The van der Waals surface area contributed by atoms with E-state index >= 15 is 0 Å². The zero-order chi connectivity index (χ0) is 14.8. The lowest BCUT2D eigenvalue weighted by Gasteiger charge is -2.08. The first-order valence-corrected chi connectivity index (χ1v) is 6.46. The molecule has 0 unspecified atom stereocenters. The number of methoxy groups -OCH3 is 1. The van der Waals surface area contributed by atoms with Crippen molar-refractivity contribution in [3.63, 3.8) is 0 Å². The quantitative estimate of drug-likeness (QED) is 0.878. The molecule has 3 rings (SSSR count). The Morgan fingerprint density at radius 3 is 2.81 bits per heavy atom. The summed E-state index contributed by atoms with van der Waals surface area (Å²) in [6.45, 7) is 0.224. The van der Waals surface area contributed by atoms with E-state index in [2.05, 4.69) is 4.74 Å². The topological polar surface area (TPSA) is 65.0 Å². The third-order valence-corrected chi connectivity index (χ3v) is 3.33. The van der Waals surface area contributed by atoms with Crippen LogP contribution in [0.2, 0.25) is 0 Å². The molecule has 21 heavy (non-hydrogen) atoms. The number of esters is 1. The Labute approximate surface area is 121 Å². The lowest BCUT2D eigenvalue weighted by Crippen LogP contribution is -2.02. The van der Waals surface area contributed by atoms with Crippen LogP contribution in [0.3, 0.4) is 0 Å². The van der Waals surface area contributed by atoms with Gasteiger partial charge >= 0.3 is 5.97 Å². The normalized spacial score (nSPS) is 12.2. The van der Waals surface area contributed by atoms with Crippen molar-refractivity contribution < 1.29 is 24.1 Å². The van der Waals surface area contributed by atoms with Gasteiger partial charge < -0.3 is 19.3 Å². The van der Waals surface area contributed by atoms with Gasteiger partial charge in [0.2, 0.25) is 6.79 Å². The number of phenols is 1. The predicted molar refractivity (Wildman–Crippen MR) is 74.8 cm³/mol. The molecule has 0 bridgehead atoms. The number of hydrogen-bond acceptors (Lipinski definition) is 5. The van der Waals surface area contributed by atoms with E-state index in [1.165, 1.54) is 19.2 Å². The number of hydrogen-bond donors (Lipinski definition) is 1. The lowest BCUT2D eigenvalue weighted by molar-refractivity contribution is 0.0600. The minimum absolute atomic E-state index is 0.139. The first-order valence-electron chi connectivity index (χ1n) is 6.46. The Hall–Kier alpha value is -2.69. The van der Waals surface area contributed by atoms with Gasteiger partial charge in [0.25, 0.3) is 0 Å². The molecule has 0 atom stereocenters. The average molecular weight is 286 g/mol. The SMILES string of the molecule is COC(=O)c1ccc(O)c(Cc2ccc3c(c2)OCO3)c1. The summed E-state index contributed by atoms with van der Waals surface area (Å²) in [4.78, 5) is 11.5. The summed E-state index contributed by atoms with van der Waals surface area (Å²) in [5.74, 6) is 1.12. The molecule has 1 N–H and O–H groups in total. The van der Waals surface area contributed by atoms with Crippen LogP contribution in [0.4, 0.5) is 0 Å². The lowest BCUT2D eigenvalue weighted by atomic mass is 10.0. The van der Waals surface area contributed by atoms with E-state index < -0.39 is 5.97 Å². The highest BCUT2D eigenvalue weighted by atomic mass is 16.7. The van der Waals surface area contributed by atoms with Gasteiger partial charge in [0.1, 0.15) is 5.75 Å². The van der Waals surface area contributed by atoms with Crippen molar-refractivity contribution >= 4 is 5.97 Å². The molecule has 1 heterocycles. The molecular formula is C16H14O5. The van der Waals surface area contributed by atoms with Gasteiger partial charge in [-0.3, -0.25) is 0 Å². The number of aromatic hydroxyl groups is 1. The number of carbonyl (C=O) groups excluding carboxylic acids is 1. The molecule has 5 heteroatoms. The van der Waals surface area contributed by atoms with Gasteiger partial charge in [-0.25, -0.2) is 4.79 Å². The van der Waals surface area contributed by atoms with Crippen LogP contribution < -0.4 is 9.47 Å². The predicted octanol–water partition coefficient (Wildman–Crippen LogP) is 2.50. The highest BCUT2D eigenvalue weighted by molar-refractivity contribution is 5.89. The van der Waals surface area contributed by atoms with E-state index in [1.54, 1.807) is 6.07 Å². The Morgan fingerprint density at radius 1 is 1.19 bits per heavy atom. The fourth-order valence-electron chi connectivity index (χ4n) is 2.24. The number of phenolic OH excluding ortho intramolecular Hbond substituents is 1. The molecule has 0 aliphatic carbocycles. The standard InChI is InChI=1S/C16H14O5/c1-19-16(18)11-3-4-13(17)12(8-11)6-10-2-5-14-15(7-10)21-9-20-14/h2-5,7-8,17H,6,9H2,1H3. The van der Waals surface area contributed by atoms with Crippen molar-refractivity contribution in [2.24, 2.45) is 0 Å². The van der Waals surface area contributed by atoms with Crippen LogP contribution in [0.15, 0.2) is 36.4 Å². The summed E-state index contributed by atoms with van der Waals surface area (Å²) < 4.78 is 15.3. The van der Waals surface area contributed by atoms with E-state index in [0.717, 1.165) is 5.56 Å². The van der Waals surface area contributed by atoms with E-state index in [1.807, 2.05) is 18.2 Å². The van der Waals surface area contributed by atoms with Gasteiger partial charge in [-0.2, -0.15) is 0 Å². The fourth-order valence-corrected chi connectivity index (χ4v) is 2.24.